The SMILES string of the molecule is CCn1c(SC(C)C(=O)c2ccc(F)cc2F)nnc1-c1ccc(Cl)cc1. The Morgan fingerprint density at radius 2 is 1.89 bits per heavy atom. The average molecular weight is 408 g/mol. The van der Waals surface area contributed by atoms with Crippen LogP contribution in [0.2, 0.25) is 5.02 Å². The molecule has 1 unspecified atom stereocenters. The van der Waals surface area contributed by atoms with Crippen molar-refractivity contribution in [3.8, 4) is 11.4 Å². The first-order chi connectivity index (χ1) is 12.9. The fourth-order valence-electron chi connectivity index (χ4n) is 2.59. The fraction of sp³-hybridized carbons (Fsp3) is 0.211. The molecule has 2 aromatic carbocycles. The Bertz CT molecular complexity index is 976. The largest absolute Gasteiger partial charge is 0.302 e. The predicted octanol–water partition coefficient (Wildman–Crippen LogP) is 5.26. The van der Waals surface area contributed by atoms with Crippen molar-refractivity contribution in [2.24, 2.45) is 0 Å². The number of nitrogens with zero attached hydrogens (tertiary/aromatic N) is 3. The lowest BCUT2D eigenvalue weighted by Gasteiger charge is -2.12. The number of carbonyl (C=O) groups is 1. The molecule has 1 atom stereocenters. The van der Waals surface area contributed by atoms with Crippen molar-refractivity contribution >= 4 is 29.1 Å². The third-order valence-corrected chi connectivity index (χ3v) is 5.32. The molecule has 0 aliphatic rings. The van der Waals surface area contributed by atoms with E-state index in [1.807, 2.05) is 23.6 Å². The number of hydrogen-bond donors (Lipinski definition) is 0. The fourth-order valence-corrected chi connectivity index (χ4v) is 3.70. The first kappa shape index (κ1) is 19.5. The molecule has 8 heteroatoms. The Balaban J connectivity index is 1.84. The van der Waals surface area contributed by atoms with Gasteiger partial charge in [-0.05, 0) is 50.2 Å². The molecule has 0 radical (unpaired) electrons. The molecule has 0 aliphatic carbocycles. The van der Waals surface area contributed by atoms with E-state index in [0.29, 0.717) is 28.6 Å². The van der Waals surface area contributed by atoms with E-state index in [2.05, 4.69) is 10.2 Å². The van der Waals surface area contributed by atoms with Crippen LogP contribution in [0.5, 0.6) is 0 Å². The lowest BCUT2D eigenvalue weighted by atomic mass is 10.1. The highest BCUT2D eigenvalue weighted by Crippen LogP contribution is 2.29. The second-order valence-electron chi connectivity index (χ2n) is 5.81. The van der Waals surface area contributed by atoms with Gasteiger partial charge in [0.1, 0.15) is 11.6 Å². The quantitative estimate of drug-likeness (QED) is 0.413. The highest BCUT2D eigenvalue weighted by Gasteiger charge is 2.23. The van der Waals surface area contributed by atoms with Gasteiger partial charge in [0.25, 0.3) is 0 Å². The van der Waals surface area contributed by atoms with Crippen molar-refractivity contribution in [3.63, 3.8) is 0 Å². The molecular weight excluding hydrogens is 392 g/mol. The number of hydrogen-bond acceptors (Lipinski definition) is 4. The molecule has 27 heavy (non-hydrogen) atoms. The molecule has 0 saturated carbocycles. The summed E-state index contributed by atoms with van der Waals surface area (Å²) in [5.74, 6) is -1.37. The van der Waals surface area contributed by atoms with E-state index in [-0.39, 0.29) is 5.56 Å². The summed E-state index contributed by atoms with van der Waals surface area (Å²) in [5.41, 5.74) is 0.709. The predicted molar refractivity (Wildman–Crippen MR) is 102 cm³/mol. The smallest absolute Gasteiger partial charge is 0.192 e. The number of aromatic nitrogens is 3. The molecule has 4 nitrogen and oxygen atoms in total. The van der Waals surface area contributed by atoms with Crippen LogP contribution in [0.25, 0.3) is 11.4 Å². The molecule has 0 fully saturated rings. The molecule has 1 heterocycles. The van der Waals surface area contributed by atoms with E-state index in [9.17, 15) is 13.6 Å². The summed E-state index contributed by atoms with van der Waals surface area (Å²) >= 11 is 7.11. The minimum Gasteiger partial charge on any atom is -0.302 e. The van der Waals surface area contributed by atoms with Gasteiger partial charge in [-0.15, -0.1) is 10.2 Å². The zero-order valence-electron chi connectivity index (χ0n) is 14.6. The van der Waals surface area contributed by atoms with Crippen LogP contribution >= 0.6 is 23.4 Å². The summed E-state index contributed by atoms with van der Waals surface area (Å²) in [4.78, 5) is 12.5. The van der Waals surface area contributed by atoms with Crippen molar-refractivity contribution in [1.82, 2.24) is 14.8 Å². The van der Waals surface area contributed by atoms with E-state index >= 15 is 0 Å². The summed E-state index contributed by atoms with van der Waals surface area (Å²) in [7, 11) is 0. The van der Waals surface area contributed by atoms with E-state index in [0.717, 1.165) is 17.7 Å². The number of thioether (sulfide) groups is 1. The van der Waals surface area contributed by atoms with Gasteiger partial charge in [0, 0.05) is 23.2 Å². The van der Waals surface area contributed by atoms with Crippen molar-refractivity contribution in [3.05, 3.63) is 64.7 Å². The number of Topliss-reactive ketones (excluding diaryl/α,β-unsaturated/α-hetero) is 1. The van der Waals surface area contributed by atoms with Gasteiger partial charge in [-0.25, -0.2) is 8.78 Å². The lowest BCUT2D eigenvalue weighted by Crippen LogP contribution is -2.16. The molecule has 0 saturated heterocycles. The maximum Gasteiger partial charge on any atom is 0.192 e. The van der Waals surface area contributed by atoms with Crippen molar-refractivity contribution < 1.29 is 13.6 Å². The van der Waals surface area contributed by atoms with Crippen LogP contribution in [0.4, 0.5) is 8.78 Å². The molecule has 0 N–H and O–H groups in total. The maximum atomic E-state index is 13.9. The minimum atomic E-state index is -0.869. The zero-order valence-corrected chi connectivity index (χ0v) is 16.2. The van der Waals surface area contributed by atoms with Crippen LogP contribution in [-0.4, -0.2) is 25.8 Å². The van der Waals surface area contributed by atoms with Gasteiger partial charge in [-0.1, -0.05) is 23.4 Å². The van der Waals surface area contributed by atoms with Gasteiger partial charge < -0.3 is 4.57 Å². The van der Waals surface area contributed by atoms with E-state index in [1.54, 1.807) is 19.1 Å². The summed E-state index contributed by atoms with van der Waals surface area (Å²) < 4.78 is 28.8. The Kier molecular flexibility index (Phi) is 5.92. The number of benzene rings is 2. The van der Waals surface area contributed by atoms with E-state index in [1.165, 1.54) is 11.8 Å². The summed E-state index contributed by atoms with van der Waals surface area (Å²) in [5, 5.41) is 8.95. The molecule has 1 aromatic heterocycles. The van der Waals surface area contributed by atoms with Crippen LogP contribution in [0.3, 0.4) is 0 Å². The van der Waals surface area contributed by atoms with Crippen LogP contribution in [-0.2, 0) is 6.54 Å². The number of ketones is 1. The highest BCUT2D eigenvalue weighted by atomic mass is 35.5. The van der Waals surface area contributed by atoms with Crippen LogP contribution in [0, 0.1) is 11.6 Å². The second-order valence-corrected chi connectivity index (χ2v) is 7.55. The molecule has 0 bridgehead atoms. The van der Waals surface area contributed by atoms with Crippen LogP contribution < -0.4 is 0 Å². The number of rotatable bonds is 6. The van der Waals surface area contributed by atoms with E-state index < -0.39 is 22.7 Å². The van der Waals surface area contributed by atoms with Crippen LogP contribution in [0.15, 0.2) is 47.6 Å². The first-order valence-corrected chi connectivity index (χ1v) is 9.51. The van der Waals surface area contributed by atoms with Gasteiger partial charge in [-0.3, -0.25) is 4.79 Å². The topological polar surface area (TPSA) is 47.8 Å². The normalized spacial score (nSPS) is 12.2. The van der Waals surface area contributed by atoms with Gasteiger partial charge in [0.15, 0.2) is 16.8 Å². The molecule has 0 amide bonds. The summed E-state index contributed by atoms with van der Waals surface area (Å²) in [6, 6.07) is 10.2. The molecule has 0 spiro atoms. The monoisotopic (exact) mass is 407 g/mol. The Morgan fingerprint density at radius 1 is 1.19 bits per heavy atom. The summed E-state index contributed by atoms with van der Waals surface area (Å²) in [6.45, 7) is 4.20. The second kappa shape index (κ2) is 8.19. The number of carbonyl (C=O) groups excluding carboxylic acids is 1. The summed E-state index contributed by atoms with van der Waals surface area (Å²) in [6.07, 6.45) is 0. The molecule has 3 aromatic rings. The lowest BCUT2D eigenvalue weighted by molar-refractivity contribution is 0.0990. The van der Waals surface area contributed by atoms with Crippen molar-refractivity contribution in [1.29, 1.82) is 0 Å². The Hall–Kier alpha value is -2.25. The molecule has 3 rings (SSSR count). The van der Waals surface area contributed by atoms with Gasteiger partial charge in [0.2, 0.25) is 0 Å². The average Bonchev–Trinajstić information content (AvgIpc) is 3.04. The Labute approximate surface area is 164 Å². The third kappa shape index (κ3) is 4.20. The maximum absolute atomic E-state index is 13.9. The van der Waals surface area contributed by atoms with Crippen molar-refractivity contribution in [2.75, 3.05) is 0 Å². The Morgan fingerprint density at radius 3 is 2.52 bits per heavy atom. The minimum absolute atomic E-state index is 0.142. The van der Waals surface area contributed by atoms with Gasteiger partial charge in [-0.2, -0.15) is 0 Å². The standard InChI is InChI=1S/C19H16ClF2N3OS/c1-3-25-18(12-4-6-13(20)7-5-12)23-24-19(25)27-11(2)17(26)15-9-8-14(21)10-16(15)22/h4-11H,3H2,1-2H3. The van der Waals surface area contributed by atoms with Gasteiger partial charge >= 0.3 is 0 Å². The first-order valence-electron chi connectivity index (χ1n) is 8.25. The van der Waals surface area contributed by atoms with E-state index in [4.69, 9.17) is 11.6 Å². The number of halogens is 3. The molecule has 140 valence electrons. The highest BCUT2D eigenvalue weighted by molar-refractivity contribution is 8.00. The zero-order chi connectivity index (χ0) is 19.6. The molecule has 0 aliphatic heterocycles. The third-order valence-electron chi connectivity index (χ3n) is 3.98. The van der Waals surface area contributed by atoms with Crippen LogP contribution in [0.1, 0.15) is 24.2 Å². The van der Waals surface area contributed by atoms with Crippen molar-refractivity contribution in [2.45, 2.75) is 30.8 Å². The molecular formula is C19H16ClF2N3OS. The van der Waals surface area contributed by atoms with Gasteiger partial charge in [0.05, 0.1) is 10.8 Å².